The Hall–Kier alpha value is -3.88. The summed E-state index contributed by atoms with van der Waals surface area (Å²) in [6.45, 7) is -1.21. The smallest absolute Gasteiger partial charge is 0.317 e. The summed E-state index contributed by atoms with van der Waals surface area (Å²) in [4.78, 5) is 72.5. The lowest BCUT2D eigenvalue weighted by Gasteiger charge is -2.27. The molecule has 0 spiro atoms. The zero-order valence-corrected chi connectivity index (χ0v) is 19.8. The number of carboxylic acid groups (broad SMARTS) is 4. The van der Waals surface area contributed by atoms with E-state index >= 15 is 0 Å². The number of rotatable bonds is 18. The molecule has 0 saturated heterocycles. The lowest BCUT2D eigenvalue weighted by Crippen LogP contribution is -2.46. The number of hydrogen-bond acceptors (Lipinski definition) is 9. The Labute approximate surface area is 206 Å². The van der Waals surface area contributed by atoms with Gasteiger partial charge in [0.25, 0.3) is 0 Å². The van der Waals surface area contributed by atoms with E-state index in [0.29, 0.717) is 0 Å². The van der Waals surface area contributed by atoms with E-state index in [4.69, 9.17) is 10.2 Å². The third-order valence-corrected chi connectivity index (χ3v) is 4.85. The van der Waals surface area contributed by atoms with Crippen LogP contribution in [-0.4, -0.2) is 130 Å². The first kappa shape index (κ1) is 30.2. The van der Waals surface area contributed by atoms with Crippen molar-refractivity contribution < 1.29 is 49.2 Å². The zero-order valence-electron chi connectivity index (χ0n) is 19.8. The molecule has 5 N–H and O–H groups in total. The topological polar surface area (TPSA) is 205 Å². The molecule has 0 heterocycles. The quantitative estimate of drug-likeness (QED) is 0.152. The lowest BCUT2D eigenvalue weighted by molar-refractivity contribution is -0.143. The normalized spacial score (nSPS) is 11.0. The van der Waals surface area contributed by atoms with Gasteiger partial charge in [0.1, 0.15) is 0 Å². The molecule has 0 atom stereocenters. The average Bonchev–Trinajstić information content (AvgIpc) is 2.73. The van der Waals surface area contributed by atoms with Crippen molar-refractivity contribution in [2.75, 3.05) is 64.2 Å². The maximum Gasteiger partial charge on any atom is 0.317 e. The summed E-state index contributed by atoms with van der Waals surface area (Å²) < 4.78 is 0. The van der Waals surface area contributed by atoms with Gasteiger partial charge in [0.05, 0.1) is 38.4 Å². The first-order chi connectivity index (χ1) is 16.9. The van der Waals surface area contributed by atoms with Crippen LogP contribution in [0.1, 0.15) is 17.3 Å². The highest BCUT2D eigenvalue weighted by molar-refractivity contribution is 6.04. The van der Waals surface area contributed by atoms with Gasteiger partial charge in [-0.3, -0.25) is 43.5 Å². The van der Waals surface area contributed by atoms with Crippen LogP contribution in [0, 0.1) is 0 Å². The SMILES string of the molecule is CC(=O)c1ccccc1NC(=O)CN(CCN(CCN(CC(=O)O)CC(=O)O)CC(=O)O)CC(=O)O. The highest BCUT2D eigenvalue weighted by atomic mass is 16.4. The number of carbonyl (C=O) groups is 6. The van der Waals surface area contributed by atoms with Crippen LogP contribution in [0.25, 0.3) is 0 Å². The Morgan fingerprint density at radius 3 is 1.47 bits per heavy atom. The third kappa shape index (κ3) is 12.5. The second kappa shape index (κ2) is 15.2. The van der Waals surface area contributed by atoms with Crippen LogP contribution in [-0.2, 0) is 24.0 Å². The minimum atomic E-state index is -1.24. The van der Waals surface area contributed by atoms with Crippen molar-refractivity contribution in [2.24, 2.45) is 0 Å². The Bertz CT molecular complexity index is 952. The summed E-state index contributed by atoms with van der Waals surface area (Å²) >= 11 is 0. The fourth-order valence-corrected chi connectivity index (χ4v) is 3.32. The summed E-state index contributed by atoms with van der Waals surface area (Å²) in [7, 11) is 0. The number of aliphatic carboxylic acids is 4. The summed E-state index contributed by atoms with van der Waals surface area (Å²) in [5.41, 5.74) is 0.560. The molecule has 1 amide bonds. The Morgan fingerprint density at radius 1 is 0.639 bits per heavy atom. The predicted molar refractivity (Wildman–Crippen MR) is 125 cm³/mol. The van der Waals surface area contributed by atoms with Crippen molar-refractivity contribution >= 4 is 41.3 Å². The van der Waals surface area contributed by atoms with Gasteiger partial charge in [-0.1, -0.05) is 12.1 Å². The van der Waals surface area contributed by atoms with Gasteiger partial charge < -0.3 is 25.7 Å². The number of nitrogens with one attached hydrogen (secondary N) is 1. The first-order valence-electron chi connectivity index (χ1n) is 10.8. The van der Waals surface area contributed by atoms with Crippen LogP contribution in [0.4, 0.5) is 5.69 Å². The van der Waals surface area contributed by atoms with Crippen LogP contribution in [0.2, 0.25) is 0 Å². The number of amides is 1. The van der Waals surface area contributed by atoms with E-state index < -0.39 is 56.0 Å². The molecule has 36 heavy (non-hydrogen) atoms. The molecule has 14 nitrogen and oxygen atoms in total. The maximum atomic E-state index is 12.5. The van der Waals surface area contributed by atoms with E-state index in [0.717, 1.165) is 4.90 Å². The molecule has 0 aliphatic carbocycles. The van der Waals surface area contributed by atoms with Gasteiger partial charge in [-0.05, 0) is 19.1 Å². The number of anilines is 1. The summed E-state index contributed by atoms with van der Waals surface area (Å²) in [5, 5.41) is 38.9. The molecular formula is C22H30N4O10. The fourth-order valence-electron chi connectivity index (χ4n) is 3.32. The van der Waals surface area contributed by atoms with Crippen LogP contribution >= 0.6 is 0 Å². The van der Waals surface area contributed by atoms with E-state index in [9.17, 15) is 39.0 Å². The van der Waals surface area contributed by atoms with Crippen molar-refractivity contribution in [1.82, 2.24) is 14.7 Å². The fraction of sp³-hybridized carbons (Fsp3) is 0.455. The molecule has 0 aliphatic heterocycles. The molecule has 1 rings (SSSR count). The molecule has 0 bridgehead atoms. The number of carboxylic acids is 4. The van der Waals surface area contributed by atoms with Gasteiger partial charge in [-0.15, -0.1) is 0 Å². The molecule has 0 saturated carbocycles. The van der Waals surface area contributed by atoms with Gasteiger partial charge in [0.15, 0.2) is 5.78 Å². The lowest BCUT2D eigenvalue weighted by atomic mass is 10.1. The number of ketones is 1. The number of hydrogen-bond donors (Lipinski definition) is 5. The standard InChI is InChI=1S/C22H30N4O10/c1-15(27)16-4-2-3-5-17(16)23-18(28)10-25(12-20(31)32)8-6-24(11-19(29)30)7-9-26(13-21(33)34)14-22(35)36/h2-5H,6-14H2,1H3,(H,23,28)(H,29,30)(H,31,32)(H,33,34)(H,35,36). The summed E-state index contributed by atoms with van der Waals surface area (Å²) in [5.74, 6) is -5.74. The van der Waals surface area contributed by atoms with Crippen molar-refractivity contribution in [3.63, 3.8) is 0 Å². The Kier molecular flexibility index (Phi) is 12.7. The van der Waals surface area contributed by atoms with Crippen molar-refractivity contribution in [2.45, 2.75) is 6.92 Å². The molecule has 0 aliphatic rings. The van der Waals surface area contributed by atoms with E-state index in [-0.39, 0.29) is 49.8 Å². The molecule has 1 aromatic rings. The number of Topliss-reactive ketones (excluding diaryl/α,β-unsaturated/α-hetero) is 1. The minimum absolute atomic E-state index is 0.00484. The van der Waals surface area contributed by atoms with E-state index in [1.807, 2.05) is 0 Å². The Morgan fingerprint density at radius 2 is 1.03 bits per heavy atom. The van der Waals surface area contributed by atoms with E-state index in [1.165, 1.54) is 28.9 Å². The second-order valence-corrected chi connectivity index (χ2v) is 7.92. The average molecular weight is 511 g/mol. The minimum Gasteiger partial charge on any atom is -0.480 e. The van der Waals surface area contributed by atoms with Crippen LogP contribution < -0.4 is 5.32 Å². The van der Waals surface area contributed by atoms with E-state index in [2.05, 4.69) is 5.32 Å². The predicted octanol–water partition coefficient (Wildman–Crippen LogP) is -0.928. The second-order valence-electron chi connectivity index (χ2n) is 7.92. The third-order valence-electron chi connectivity index (χ3n) is 4.85. The van der Waals surface area contributed by atoms with Gasteiger partial charge in [0.2, 0.25) is 5.91 Å². The van der Waals surface area contributed by atoms with Crippen LogP contribution in [0.3, 0.4) is 0 Å². The number of para-hydroxylation sites is 1. The highest BCUT2D eigenvalue weighted by Gasteiger charge is 2.20. The van der Waals surface area contributed by atoms with Crippen LogP contribution in [0.15, 0.2) is 24.3 Å². The monoisotopic (exact) mass is 510 g/mol. The number of nitrogens with zero attached hydrogens (tertiary/aromatic N) is 3. The molecule has 1 aromatic carbocycles. The molecular weight excluding hydrogens is 480 g/mol. The van der Waals surface area contributed by atoms with Gasteiger partial charge in [0, 0.05) is 31.7 Å². The van der Waals surface area contributed by atoms with Gasteiger partial charge in [-0.2, -0.15) is 0 Å². The molecule has 198 valence electrons. The van der Waals surface area contributed by atoms with E-state index in [1.54, 1.807) is 12.1 Å². The molecule has 0 radical (unpaired) electrons. The van der Waals surface area contributed by atoms with Crippen molar-refractivity contribution in [3.05, 3.63) is 29.8 Å². The van der Waals surface area contributed by atoms with Crippen molar-refractivity contribution in [3.8, 4) is 0 Å². The Balaban J connectivity index is 2.84. The van der Waals surface area contributed by atoms with Gasteiger partial charge >= 0.3 is 23.9 Å². The molecule has 0 fully saturated rings. The summed E-state index contributed by atoms with van der Waals surface area (Å²) in [6.07, 6.45) is 0. The number of benzene rings is 1. The summed E-state index contributed by atoms with van der Waals surface area (Å²) in [6, 6.07) is 6.33. The molecule has 14 heteroatoms. The zero-order chi connectivity index (χ0) is 27.3. The number of carbonyl (C=O) groups excluding carboxylic acids is 2. The van der Waals surface area contributed by atoms with Crippen LogP contribution in [0.5, 0.6) is 0 Å². The highest BCUT2D eigenvalue weighted by Crippen LogP contribution is 2.15. The van der Waals surface area contributed by atoms with Gasteiger partial charge in [-0.25, -0.2) is 0 Å². The first-order valence-corrected chi connectivity index (χ1v) is 10.8. The van der Waals surface area contributed by atoms with Crippen molar-refractivity contribution in [1.29, 1.82) is 0 Å². The molecule has 0 aromatic heterocycles. The largest absolute Gasteiger partial charge is 0.480 e. The molecule has 0 unspecified atom stereocenters. The maximum absolute atomic E-state index is 12.5.